The molecule has 2 N–H and O–H groups in total. The van der Waals surface area contributed by atoms with Gasteiger partial charge in [0.1, 0.15) is 11.9 Å². The molecular formula is C24H22Cl2FN3O2. The highest BCUT2D eigenvalue weighted by Gasteiger charge is 2.23. The molecule has 2 aromatic heterocycles. The number of benzene rings is 2. The summed E-state index contributed by atoms with van der Waals surface area (Å²) in [5, 5.41) is 0.946. The van der Waals surface area contributed by atoms with Gasteiger partial charge < -0.3 is 19.8 Å². The second-order valence-corrected chi connectivity index (χ2v) is 8.61. The number of ether oxygens (including phenoxy) is 1. The van der Waals surface area contributed by atoms with Gasteiger partial charge in [0, 0.05) is 28.9 Å². The van der Waals surface area contributed by atoms with Crippen molar-refractivity contribution in [1.29, 1.82) is 0 Å². The number of rotatable bonds is 6. The molecule has 32 heavy (non-hydrogen) atoms. The first-order chi connectivity index (χ1) is 15.3. The van der Waals surface area contributed by atoms with E-state index >= 15 is 0 Å². The predicted octanol–water partition coefficient (Wildman–Crippen LogP) is 6.72. The van der Waals surface area contributed by atoms with Gasteiger partial charge in [0.2, 0.25) is 5.75 Å². The zero-order chi connectivity index (χ0) is 23.0. The van der Waals surface area contributed by atoms with Crippen LogP contribution in [0.1, 0.15) is 24.2 Å². The first-order valence-electron chi connectivity index (χ1n) is 9.96. The van der Waals surface area contributed by atoms with Gasteiger partial charge in [0.15, 0.2) is 11.4 Å². The van der Waals surface area contributed by atoms with Crippen molar-refractivity contribution >= 4 is 40.0 Å². The molecule has 5 nitrogen and oxygen atoms in total. The van der Waals surface area contributed by atoms with Crippen molar-refractivity contribution in [2.75, 3.05) is 19.8 Å². The van der Waals surface area contributed by atoms with Crippen molar-refractivity contribution in [2.45, 2.75) is 19.6 Å². The molecule has 8 heteroatoms. The Kier molecular flexibility index (Phi) is 6.29. The predicted molar refractivity (Wildman–Crippen MR) is 127 cm³/mol. The number of nitrogens with zero attached hydrogens (tertiary/aromatic N) is 2. The maximum atomic E-state index is 14.0. The highest BCUT2D eigenvalue weighted by molar-refractivity contribution is 6.36. The topological polar surface area (TPSA) is 64.5 Å². The molecule has 1 atom stereocenters. The molecule has 0 saturated heterocycles. The summed E-state index contributed by atoms with van der Waals surface area (Å²) in [6, 6.07) is 10.8. The minimum Gasteiger partial charge on any atom is -0.478 e. The van der Waals surface area contributed by atoms with Crippen LogP contribution < -0.4 is 10.5 Å². The average molecular weight is 474 g/mol. The zero-order valence-electron chi connectivity index (χ0n) is 17.8. The fourth-order valence-corrected chi connectivity index (χ4v) is 4.35. The summed E-state index contributed by atoms with van der Waals surface area (Å²) in [7, 11) is 4.04. The summed E-state index contributed by atoms with van der Waals surface area (Å²) >= 11 is 12.4. The van der Waals surface area contributed by atoms with E-state index in [4.69, 9.17) is 38.1 Å². The van der Waals surface area contributed by atoms with E-state index < -0.39 is 11.9 Å². The first-order valence-corrected chi connectivity index (χ1v) is 10.7. The van der Waals surface area contributed by atoms with E-state index in [9.17, 15) is 4.39 Å². The van der Waals surface area contributed by atoms with Crippen molar-refractivity contribution in [3.63, 3.8) is 0 Å². The molecule has 0 aliphatic rings. The lowest BCUT2D eigenvalue weighted by atomic mass is 10.0. The van der Waals surface area contributed by atoms with Crippen LogP contribution >= 0.6 is 23.2 Å². The van der Waals surface area contributed by atoms with Crippen LogP contribution in [-0.2, 0) is 6.54 Å². The van der Waals surface area contributed by atoms with Gasteiger partial charge in [0.25, 0.3) is 0 Å². The van der Waals surface area contributed by atoms with Crippen LogP contribution in [0.5, 0.6) is 5.75 Å². The normalized spacial score (nSPS) is 12.5. The van der Waals surface area contributed by atoms with Crippen molar-refractivity contribution in [3.05, 3.63) is 75.8 Å². The molecule has 0 amide bonds. The van der Waals surface area contributed by atoms with Gasteiger partial charge in [-0.2, -0.15) is 0 Å². The van der Waals surface area contributed by atoms with Crippen LogP contribution in [0, 0.1) is 5.82 Å². The fourth-order valence-electron chi connectivity index (χ4n) is 3.67. The number of halogens is 3. The number of fused-ring (bicyclic) bond motifs is 1. The quantitative estimate of drug-likeness (QED) is 0.314. The third-order valence-corrected chi connectivity index (χ3v) is 5.83. The monoisotopic (exact) mass is 473 g/mol. The van der Waals surface area contributed by atoms with Crippen LogP contribution in [0.4, 0.5) is 10.2 Å². The maximum Gasteiger partial charge on any atom is 0.205 e. The van der Waals surface area contributed by atoms with E-state index in [1.54, 1.807) is 19.4 Å². The lowest BCUT2D eigenvalue weighted by molar-refractivity contribution is 0.227. The number of hydrogen-bond donors (Lipinski definition) is 1. The van der Waals surface area contributed by atoms with Crippen molar-refractivity contribution in [2.24, 2.45) is 0 Å². The lowest BCUT2D eigenvalue weighted by Gasteiger charge is -2.18. The Hall–Kier alpha value is -2.80. The van der Waals surface area contributed by atoms with E-state index in [1.807, 2.05) is 26.2 Å². The number of hydrogen-bond acceptors (Lipinski definition) is 5. The average Bonchev–Trinajstić information content (AvgIpc) is 3.17. The molecule has 0 bridgehead atoms. The van der Waals surface area contributed by atoms with Gasteiger partial charge in [-0.05, 0) is 50.3 Å². The van der Waals surface area contributed by atoms with Gasteiger partial charge in [0.05, 0.1) is 16.7 Å². The van der Waals surface area contributed by atoms with Crippen LogP contribution in [0.2, 0.25) is 10.0 Å². The Morgan fingerprint density at radius 1 is 1.22 bits per heavy atom. The fraction of sp³-hybridized carbons (Fsp3) is 0.208. The summed E-state index contributed by atoms with van der Waals surface area (Å²) in [5.41, 5.74) is 9.91. The molecule has 2 aromatic carbocycles. The minimum absolute atomic E-state index is 0.0958. The Morgan fingerprint density at radius 2 is 2.00 bits per heavy atom. The van der Waals surface area contributed by atoms with Gasteiger partial charge in [-0.15, -0.1) is 0 Å². The molecule has 4 rings (SSSR count). The molecule has 0 spiro atoms. The number of nitrogens with two attached hydrogens (primary N) is 1. The van der Waals surface area contributed by atoms with Gasteiger partial charge in [-0.25, -0.2) is 9.37 Å². The Labute approximate surface area is 195 Å². The Morgan fingerprint density at radius 3 is 2.75 bits per heavy atom. The van der Waals surface area contributed by atoms with Gasteiger partial charge >= 0.3 is 0 Å². The van der Waals surface area contributed by atoms with Crippen LogP contribution in [-0.4, -0.2) is 24.0 Å². The molecule has 0 aliphatic carbocycles. The third kappa shape index (κ3) is 4.26. The van der Waals surface area contributed by atoms with E-state index in [0.717, 1.165) is 23.1 Å². The number of anilines is 1. The summed E-state index contributed by atoms with van der Waals surface area (Å²) in [5.74, 6) is -0.180. The summed E-state index contributed by atoms with van der Waals surface area (Å²) < 4.78 is 25.9. The summed E-state index contributed by atoms with van der Waals surface area (Å²) in [6.07, 6.45) is 2.61. The highest BCUT2D eigenvalue weighted by atomic mass is 35.5. The maximum absolute atomic E-state index is 14.0. The van der Waals surface area contributed by atoms with E-state index in [-0.39, 0.29) is 16.6 Å². The number of pyridine rings is 1. The molecular weight excluding hydrogens is 452 g/mol. The minimum atomic E-state index is -0.697. The largest absolute Gasteiger partial charge is 0.478 e. The molecule has 0 saturated carbocycles. The van der Waals surface area contributed by atoms with Crippen LogP contribution in [0.3, 0.4) is 0 Å². The lowest BCUT2D eigenvalue weighted by Crippen LogP contribution is -2.10. The zero-order valence-corrected chi connectivity index (χ0v) is 19.3. The number of furan rings is 1. The molecule has 2 heterocycles. The van der Waals surface area contributed by atoms with E-state index in [1.165, 1.54) is 17.7 Å². The van der Waals surface area contributed by atoms with Crippen molar-refractivity contribution in [3.8, 4) is 16.9 Å². The van der Waals surface area contributed by atoms with Crippen LogP contribution in [0.25, 0.3) is 22.1 Å². The smallest absolute Gasteiger partial charge is 0.205 e. The second-order valence-electron chi connectivity index (χ2n) is 7.82. The van der Waals surface area contributed by atoms with E-state index in [0.29, 0.717) is 16.2 Å². The second kappa shape index (κ2) is 8.98. The van der Waals surface area contributed by atoms with Crippen molar-refractivity contribution < 1.29 is 13.5 Å². The Balaban J connectivity index is 1.75. The third-order valence-electron chi connectivity index (χ3n) is 5.12. The number of nitrogen functional groups attached to an aromatic ring is 1. The molecule has 166 valence electrons. The highest BCUT2D eigenvalue weighted by Crippen LogP contribution is 2.41. The van der Waals surface area contributed by atoms with Gasteiger partial charge in [-0.1, -0.05) is 41.4 Å². The standard InChI is InChI=1S/C24H22Cl2FN3O2/c1-13(20-18(25)7-8-19(27)21(20)26)32-23-22-16(10-29-24(23)28)17(12-31-22)15-6-4-5-14(9-15)11-30(2)3/h4-10,12-13H,11H2,1-3H3,(H2,28,29)/t13-/m1/s1. The van der Waals surface area contributed by atoms with Crippen molar-refractivity contribution in [1.82, 2.24) is 9.88 Å². The molecule has 0 aliphatic heterocycles. The van der Waals surface area contributed by atoms with Crippen LogP contribution in [0.15, 0.2) is 53.3 Å². The summed E-state index contributed by atoms with van der Waals surface area (Å²) in [6.45, 7) is 2.52. The molecule has 0 unspecified atom stereocenters. The summed E-state index contributed by atoms with van der Waals surface area (Å²) in [4.78, 5) is 6.39. The molecule has 0 fully saturated rings. The Bertz CT molecular complexity index is 1290. The first kappa shape index (κ1) is 22.4. The SMILES string of the molecule is C[C@@H](Oc1c(N)ncc2c(-c3cccc(CN(C)C)c3)coc12)c1c(Cl)ccc(F)c1Cl. The molecule has 4 aromatic rings. The number of aromatic nitrogens is 1. The van der Waals surface area contributed by atoms with E-state index in [2.05, 4.69) is 22.0 Å². The molecule has 0 radical (unpaired) electrons. The van der Waals surface area contributed by atoms with Gasteiger partial charge in [-0.3, -0.25) is 0 Å².